The van der Waals surface area contributed by atoms with Gasteiger partial charge < -0.3 is 19.9 Å². The van der Waals surface area contributed by atoms with Crippen molar-refractivity contribution in [2.45, 2.75) is 71.3 Å². The van der Waals surface area contributed by atoms with Gasteiger partial charge in [-0.15, -0.1) is 24.0 Å². The molecule has 1 aromatic heterocycles. The minimum atomic E-state index is -0.132. The highest BCUT2D eigenvalue weighted by Gasteiger charge is 2.13. The van der Waals surface area contributed by atoms with E-state index in [1.165, 1.54) is 7.11 Å². The summed E-state index contributed by atoms with van der Waals surface area (Å²) in [7, 11) is 3.18. The molecule has 0 aliphatic heterocycles. The Morgan fingerprint density at radius 1 is 1.22 bits per heavy atom. The summed E-state index contributed by atoms with van der Waals surface area (Å²) in [4.78, 5) is 15.2. The molecule has 7 nitrogen and oxygen atoms in total. The van der Waals surface area contributed by atoms with E-state index >= 15 is 0 Å². The molecule has 1 aromatic rings. The van der Waals surface area contributed by atoms with Crippen LogP contribution in [0.5, 0.6) is 0 Å². The lowest BCUT2D eigenvalue weighted by Gasteiger charge is -2.10. The van der Waals surface area contributed by atoms with E-state index in [1.807, 2.05) is 6.07 Å². The van der Waals surface area contributed by atoms with Gasteiger partial charge in [0.05, 0.1) is 19.3 Å². The number of hydrogen-bond donors (Lipinski definition) is 2. The van der Waals surface area contributed by atoms with Crippen molar-refractivity contribution < 1.29 is 14.1 Å². The number of methoxy groups -OCH3 is 1. The minimum Gasteiger partial charge on any atom is -0.469 e. The number of carbonyl (C=O) groups is 1. The molecule has 0 spiro atoms. The largest absolute Gasteiger partial charge is 0.469 e. The fraction of sp³-hybridized carbons (Fsp3) is 0.737. The minimum absolute atomic E-state index is 0. The van der Waals surface area contributed by atoms with E-state index in [9.17, 15) is 4.79 Å². The highest BCUT2D eigenvalue weighted by atomic mass is 127. The number of halogens is 1. The van der Waals surface area contributed by atoms with Crippen molar-refractivity contribution in [3.05, 3.63) is 17.5 Å². The molecule has 1 rings (SSSR count). The maximum absolute atomic E-state index is 11.0. The second kappa shape index (κ2) is 15.7. The van der Waals surface area contributed by atoms with Crippen LogP contribution in [-0.2, 0) is 16.1 Å². The Balaban J connectivity index is 0.00000676. The summed E-state index contributed by atoms with van der Waals surface area (Å²) in [5.41, 5.74) is 1.03. The molecule has 8 heteroatoms. The first-order chi connectivity index (χ1) is 12.6. The van der Waals surface area contributed by atoms with Crippen LogP contribution in [0.15, 0.2) is 15.6 Å². The maximum Gasteiger partial charge on any atom is 0.305 e. The fourth-order valence-corrected chi connectivity index (χ4v) is 2.76. The van der Waals surface area contributed by atoms with Gasteiger partial charge in [0.25, 0.3) is 0 Å². The van der Waals surface area contributed by atoms with Crippen LogP contribution in [0, 0.1) is 0 Å². The first kappa shape index (κ1) is 25.7. The number of rotatable bonds is 12. The second-order valence-corrected chi connectivity index (χ2v) is 6.32. The van der Waals surface area contributed by atoms with Crippen molar-refractivity contribution in [1.82, 2.24) is 15.8 Å². The summed E-state index contributed by atoms with van der Waals surface area (Å²) >= 11 is 0. The number of aliphatic imine (C=N–C) groups is 1. The summed E-state index contributed by atoms with van der Waals surface area (Å²) in [5, 5.41) is 10.7. The van der Waals surface area contributed by atoms with Crippen molar-refractivity contribution in [2.24, 2.45) is 4.99 Å². The van der Waals surface area contributed by atoms with E-state index in [0.29, 0.717) is 18.9 Å². The summed E-state index contributed by atoms with van der Waals surface area (Å²) in [6.45, 7) is 5.74. The lowest BCUT2D eigenvalue weighted by molar-refractivity contribution is -0.140. The molecule has 0 unspecified atom stereocenters. The first-order valence-electron chi connectivity index (χ1n) is 9.61. The number of hydrogen-bond acceptors (Lipinski definition) is 5. The van der Waals surface area contributed by atoms with Gasteiger partial charge in [0.1, 0.15) is 0 Å². The lowest BCUT2D eigenvalue weighted by Crippen LogP contribution is -2.37. The lowest BCUT2D eigenvalue weighted by atomic mass is 9.99. The number of ether oxygens (including phenoxy) is 1. The predicted octanol–water partition coefficient (Wildman–Crippen LogP) is 3.98. The molecule has 27 heavy (non-hydrogen) atoms. The molecule has 0 amide bonds. The molecule has 0 saturated heterocycles. The van der Waals surface area contributed by atoms with E-state index in [-0.39, 0.29) is 29.9 Å². The third kappa shape index (κ3) is 10.6. The van der Waals surface area contributed by atoms with Gasteiger partial charge in [-0.3, -0.25) is 9.79 Å². The second-order valence-electron chi connectivity index (χ2n) is 6.32. The third-order valence-corrected chi connectivity index (χ3v) is 4.46. The van der Waals surface area contributed by atoms with Gasteiger partial charge in [0.15, 0.2) is 11.7 Å². The van der Waals surface area contributed by atoms with Crippen LogP contribution in [0.25, 0.3) is 0 Å². The Morgan fingerprint density at radius 2 is 1.93 bits per heavy atom. The number of nitrogens with zero attached hydrogens (tertiary/aromatic N) is 2. The molecule has 0 radical (unpaired) electrons. The zero-order chi connectivity index (χ0) is 19.2. The molecular weight excluding hydrogens is 459 g/mol. The van der Waals surface area contributed by atoms with Crippen LogP contribution < -0.4 is 10.6 Å². The maximum atomic E-state index is 11.0. The van der Waals surface area contributed by atoms with Crippen molar-refractivity contribution in [3.8, 4) is 0 Å². The number of esters is 1. The van der Waals surface area contributed by atoms with E-state index in [2.05, 4.69) is 39.4 Å². The van der Waals surface area contributed by atoms with Gasteiger partial charge in [0.2, 0.25) is 0 Å². The fourth-order valence-electron chi connectivity index (χ4n) is 2.76. The predicted molar refractivity (Wildman–Crippen MR) is 119 cm³/mol. The summed E-state index contributed by atoms with van der Waals surface area (Å²) in [6, 6.07) is 2.03. The number of guanidine groups is 1. The quantitative estimate of drug-likeness (QED) is 0.150. The van der Waals surface area contributed by atoms with Gasteiger partial charge in [0, 0.05) is 32.0 Å². The van der Waals surface area contributed by atoms with Gasteiger partial charge in [-0.1, -0.05) is 31.8 Å². The Kier molecular flexibility index (Phi) is 14.9. The zero-order valence-corrected chi connectivity index (χ0v) is 19.4. The van der Waals surface area contributed by atoms with Gasteiger partial charge in [-0.25, -0.2) is 0 Å². The first-order valence-corrected chi connectivity index (χ1v) is 9.61. The molecule has 156 valence electrons. The third-order valence-electron chi connectivity index (χ3n) is 4.46. The standard InChI is InChI=1S/C19H34N4O3.HI/c1-5-15(6-2)17-13-16(26-23-17)14-22-19(20-3)21-12-10-8-7-9-11-18(24)25-4;/h13,15H,5-12,14H2,1-4H3,(H2,20,21,22);1H. The van der Waals surface area contributed by atoms with Crippen LogP contribution >= 0.6 is 24.0 Å². The molecule has 0 bridgehead atoms. The highest BCUT2D eigenvalue weighted by Crippen LogP contribution is 2.22. The number of carbonyl (C=O) groups excluding carboxylic acids is 1. The average molecular weight is 494 g/mol. The van der Waals surface area contributed by atoms with E-state index in [1.54, 1.807) is 7.05 Å². The molecule has 0 atom stereocenters. The van der Waals surface area contributed by atoms with Gasteiger partial charge >= 0.3 is 5.97 Å². The van der Waals surface area contributed by atoms with Crippen LogP contribution in [0.4, 0.5) is 0 Å². The smallest absolute Gasteiger partial charge is 0.305 e. The Hall–Kier alpha value is -1.32. The van der Waals surface area contributed by atoms with Crippen molar-refractivity contribution in [2.75, 3.05) is 20.7 Å². The summed E-state index contributed by atoms with van der Waals surface area (Å²) in [5.74, 6) is 1.90. The molecule has 2 N–H and O–H groups in total. The normalized spacial score (nSPS) is 11.2. The Morgan fingerprint density at radius 3 is 2.56 bits per heavy atom. The van der Waals surface area contributed by atoms with E-state index < -0.39 is 0 Å². The molecule has 0 aliphatic carbocycles. The van der Waals surface area contributed by atoms with E-state index in [0.717, 1.165) is 62.5 Å². The van der Waals surface area contributed by atoms with Crippen LogP contribution in [0.3, 0.4) is 0 Å². The number of aromatic nitrogens is 1. The van der Waals surface area contributed by atoms with Crippen LogP contribution in [-0.4, -0.2) is 37.8 Å². The molecular formula is C19H35IN4O3. The van der Waals surface area contributed by atoms with Gasteiger partial charge in [-0.05, 0) is 25.7 Å². The number of nitrogens with one attached hydrogen (secondary N) is 2. The number of unbranched alkanes of at least 4 members (excludes halogenated alkanes) is 3. The van der Waals surface area contributed by atoms with Crippen molar-refractivity contribution in [3.63, 3.8) is 0 Å². The molecule has 0 aromatic carbocycles. The Bertz CT molecular complexity index is 545. The monoisotopic (exact) mass is 494 g/mol. The molecule has 0 aliphatic rings. The molecule has 0 saturated carbocycles. The van der Waals surface area contributed by atoms with Crippen molar-refractivity contribution in [1.29, 1.82) is 0 Å². The Labute approximate surface area is 180 Å². The van der Waals surface area contributed by atoms with Crippen LogP contribution in [0.2, 0.25) is 0 Å². The average Bonchev–Trinajstić information content (AvgIpc) is 3.12. The molecule has 0 fully saturated rings. The van der Waals surface area contributed by atoms with Crippen molar-refractivity contribution >= 4 is 35.9 Å². The zero-order valence-electron chi connectivity index (χ0n) is 17.0. The highest BCUT2D eigenvalue weighted by molar-refractivity contribution is 14.0. The topological polar surface area (TPSA) is 88.8 Å². The van der Waals surface area contributed by atoms with Crippen LogP contribution in [0.1, 0.15) is 76.2 Å². The summed E-state index contributed by atoms with van der Waals surface area (Å²) < 4.78 is 10.0. The molecule has 1 heterocycles. The SMILES string of the molecule is CCC(CC)c1cc(CNC(=NC)NCCCCCCC(=O)OC)on1.I. The summed E-state index contributed by atoms with van der Waals surface area (Å²) in [6.07, 6.45) is 6.65. The van der Waals surface area contributed by atoms with Gasteiger partial charge in [-0.2, -0.15) is 0 Å². The van der Waals surface area contributed by atoms with E-state index in [4.69, 9.17) is 4.52 Å².